The Morgan fingerprint density at radius 1 is 0.863 bits per heavy atom. The van der Waals surface area contributed by atoms with E-state index in [1.165, 1.54) is 6.92 Å². The van der Waals surface area contributed by atoms with E-state index in [-0.39, 0.29) is 31.9 Å². The smallest absolute Gasteiger partial charge is 0.408 e. The molecule has 7 N–H and O–H groups in total. The van der Waals surface area contributed by atoms with Crippen LogP contribution in [0.25, 0.3) is 11.1 Å². The Labute approximate surface area is 301 Å². The van der Waals surface area contributed by atoms with Crippen molar-refractivity contribution in [2.24, 2.45) is 17.6 Å². The standard InChI is InChI=1S/C40H54N4O7/c1-5-6-9-22-34(46)36(47)35(27(2)3)44-38(49)40(41,23-31-20-14-15-21-33(31)30-18-12-8-13-19-30)32(25-45)24-42-37(48)28(4)43-39(50)51-26-29-16-10-7-11-17-29/h7-8,10-21,27-28,32,34-35,45-46H,5-6,9,22-26,41H2,1-4H3,(H,42,48)(H,43,50)(H,44,49)/t28-,32?,34?,35?,40+/m0/s1. The number of benzene rings is 3. The molecule has 276 valence electrons. The number of carbonyl (C=O) groups is 4. The Kier molecular flexibility index (Phi) is 16.3. The van der Waals surface area contributed by atoms with Crippen molar-refractivity contribution in [1.29, 1.82) is 0 Å². The van der Waals surface area contributed by atoms with Gasteiger partial charge in [0.15, 0.2) is 5.78 Å². The fourth-order valence-electron chi connectivity index (χ4n) is 5.87. The predicted molar refractivity (Wildman–Crippen MR) is 197 cm³/mol. The normalized spacial score (nSPS) is 14.7. The molecule has 0 aliphatic carbocycles. The van der Waals surface area contributed by atoms with Gasteiger partial charge in [-0.3, -0.25) is 14.4 Å². The van der Waals surface area contributed by atoms with Gasteiger partial charge in [0.1, 0.15) is 24.3 Å². The van der Waals surface area contributed by atoms with Gasteiger partial charge in [-0.25, -0.2) is 4.79 Å². The molecule has 0 aromatic heterocycles. The van der Waals surface area contributed by atoms with Crippen LogP contribution in [0, 0.1) is 11.8 Å². The number of unbranched alkanes of at least 4 members (excludes halogenated alkanes) is 2. The summed E-state index contributed by atoms with van der Waals surface area (Å²) in [5, 5.41) is 29.4. The number of aliphatic hydroxyl groups is 2. The molecule has 0 aliphatic heterocycles. The lowest BCUT2D eigenvalue weighted by Crippen LogP contribution is -2.66. The summed E-state index contributed by atoms with van der Waals surface area (Å²) in [4.78, 5) is 53.3. The number of carbonyl (C=O) groups excluding carboxylic acids is 4. The van der Waals surface area contributed by atoms with E-state index < -0.39 is 59.9 Å². The Balaban J connectivity index is 1.85. The van der Waals surface area contributed by atoms with Crippen LogP contribution in [0.2, 0.25) is 0 Å². The van der Waals surface area contributed by atoms with Gasteiger partial charge in [0.25, 0.3) is 0 Å². The largest absolute Gasteiger partial charge is 0.445 e. The average Bonchev–Trinajstić information content (AvgIpc) is 3.13. The third kappa shape index (κ3) is 12.0. The van der Waals surface area contributed by atoms with E-state index in [2.05, 4.69) is 16.0 Å². The molecule has 11 heteroatoms. The van der Waals surface area contributed by atoms with E-state index in [1.807, 2.05) is 79.7 Å². The Bertz CT molecular complexity index is 1550. The molecule has 3 aromatic rings. The van der Waals surface area contributed by atoms with Crippen LogP contribution in [0.4, 0.5) is 4.79 Å². The van der Waals surface area contributed by atoms with Crippen molar-refractivity contribution in [1.82, 2.24) is 16.0 Å². The van der Waals surface area contributed by atoms with E-state index in [0.29, 0.717) is 12.0 Å². The van der Waals surface area contributed by atoms with Crippen LogP contribution < -0.4 is 21.7 Å². The minimum atomic E-state index is -1.83. The van der Waals surface area contributed by atoms with Gasteiger partial charge in [-0.15, -0.1) is 0 Å². The Morgan fingerprint density at radius 3 is 2.12 bits per heavy atom. The number of hydrogen-bond acceptors (Lipinski definition) is 8. The lowest BCUT2D eigenvalue weighted by Gasteiger charge is -2.38. The number of ether oxygens (including phenoxy) is 1. The first-order valence-corrected chi connectivity index (χ1v) is 17.7. The lowest BCUT2D eigenvalue weighted by molar-refractivity contribution is -0.137. The summed E-state index contributed by atoms with van der Waals surface area (Å²) in [6, 6.07) is 24.1. The highest BCUT2D eigenvalue weighted by Gasteiger charge is 2.44. The first-order valence-electron chi connectivity index (χ1n) is 17.7. The molecule has 0 fully saturated rings. The molecular formula is C40H54N4O7. The zero-order chi connectivity index (χ0) is 37.4. The van der Waals surface area contributed by atoms with Crippen molar-refractivity contribution >= 4 is 23.7 Å². The maximum absolute atomic E-state index is 14.4. The van der Waals surface area contributed by atoms with Crippen molar-refractivity contribution in [2.45, 2.75) is 90.1 Å². The van der Waals surface area contributed by atoms with E-state index >= 15 is 0 Å². The summed E-state index contributed by atoms with van der Waals surface area (Å²) < 4.78 is 5.23. The molecule has 3 rings (SSSR count). The maximum Gasteiger partial charge on any atom is 0.408 e. The fourth-order valence-corrected chi connectivity index (χ4v) is 5.87. The third-order valence-corrected chi connectivity index (χ3v) is 9.09. The zero-order valence-corrected chi connectivity index (χ0v) is 30.1. The maximum atomic E-state index is 14.4. The van der Waals surface area contributed by atoms with Gasteiger partial charge < -0.3 is 36.6 Å². The predicted octanol–water partition coefficient (Wildman–Crippen LogP) is 4.28. The SMILES string of the molecule is CCCCCC(O)C(=O)C(NC(=O)[C@@](N)(Cc1ccccc1-c1ccccc1)C(CO)CNC(=O)[C@H](C)NC(=O)OCc1ccccc1)C(C)C. The van der Waals surface area contributed by atoms with Crippen molar-refractivity contribution in [3.63, 3.8) is 0 Å². The first kappa shape index (κ1) is 40.8. The van der Waals surface area contributed by atoms with Crippen LogP contribution in [0.3, 0.4) is 0 Å². The van der Waals surface area contributed by atoms with Gasteiger partial charge in [0.2, 0.25) is 11.8 Å². The van der Waals surface area contributed by atoms with Gasteiger partial charge in [-0.05, 0) is 41.5 Å². The van der Waals surface area contributed by atoms with E-state index in [0.717, 1.165) is 29.5 Å². The molecule has 0 saturated heterocycles. The summed E-state index contributed by atoms with van der Waals surface area (Å²) >= 11 is 0. The second-order valence-corrected chi connectivity index (χ2v) is 13.4. The molecule has 3 unspecified atom stereocenters. The Morgan fingerprint density at radius 2 is 1.49 bits per heavy atom. The molecule has 0 saturated carbocycles. The topological polar surface area (TPSA) is 180 Å². The molecule has 0 radical (unpaired) electrons. The molecule has 51 heavy (non-hydrogen) atoms. The monoisotopic (exact) mass is 702 g/mol. The van der Waals surface area contributed by atoms with Crippen LogP contribution in [0.5, 0.6) is 0 Å². The van der Waals surface area contributed by atoms with Gasteiger partial charge in [-0.1, -0.05) is 125 Å². The van der Waals surface area contributed by atoms with E-state index in [1.54, 1.807) is 26.0 Å². The van der Waals surface area contributed by atoms with Gasteiger partial charge in [-0.2, -0.15) is 0 Å². The van der Waals surface area contributed by atoms with Crippen molar-refractivity contribution in [3.05, 3.63) is 96.1 Å². The summed E-state index contributed by atoms with van der Waals surface area (Å²) in [5.74, 6) is -3.19. The first-order chi connectivity index (χ1) is 24.4. The van der Waals surface area contributed by atoms with Crippen LogP contribution in [-0.4, -0.2) is 70.8 Å². The Hall–Kier alpha value is -4.58. The lowest BCUT2D eigenvalue weighted by atomic mass is 9.77. The van der Waals surface area contributed by atoms with Gasteiger partial charge in [0, 0.05) is 25.5 Å². The molecule has 0 spiro atoms. The second-order valence-electron chi connectivity index (χ2n) is 13.4. The van der Waals surface area contributed by atoms with Crippen molar-refractivity contribution < 1.29 is 34.1 Å². The van der Waals surface area contributed by atoms with Crippen LogP contribution >= 0.6 is 0 Å². The third-order valence-electron chi connectivity index (χ3n) is 9.09. The molecule has 3 amide bonds. The number of rotatable bonds is 20. The van der Waals surface area contributed by atoms with Crippen LogP contribution in [0.15, 0.2) is 84.9 Å². The number of alkyl carbamates (subject to hydrolysis) is 1. The number of nitrogens with two attached hydrogens (primary N) is 1. The highest BCUT2D eigenvalue weighted by atomic mass is 16.5. The summed E-state index contributed by atoms with van der Waals surface area (Å²) in [6.45, 7) is 6.27. The van der Waals surface area contributed by atoms with Crippen molar-refractivity contribution in [3.8, 4) is 11.1 Å². The van der Waals surface area contributed by atoms with E-state index in [4.69, 9.17) is 10.5 Å². The number of ketones is 1. The molecular weight excluding hydrogens is 648 g/mol. The fraction of sp³-hybridized carbons (Fsp3) is 0.450. The molecule has 5 atom stereocenters. The molecule has 11 nitrogen and oxygen atoms in total. The molecule has 0 heterocycles. The van der Waals surface area contributed by atoms with Crippen LogP contribution in [0.1, 0.15) is 64.5 Å². The van der Waals surface area contributed by atoms with E-state index in [9.17, 15) is 29.4 Å². The summed E-state index contributed by atoms with van der Waals surface area (Å²) in [5.41, 5.74) is 8.45. The van der Waals surface area contributed by atoms with Crippen molar-refractivity contribution in [2.75, 3.05) is 13.2 Å². The number of hydrogen-bond donors (Lipinski definition) is 6. The highest BCUT2D eigenvalue weighted by molar-refractivity contribution is 5.95. The number of nitrogens with one attached hydrogen (secondary N) is 3. The molecule has 3 aromatic carbocycles. The second kappa shape index (κ2) is 20.3. The average molecular weight is 703 g/mol. The molecule has 0 aliphatic rings. The van der Waals surface area contributed by atoms with Crippen LogP contribution in [-0.2, 0) is 32.1 Å². The number of aliphatic hydroxyl groups excluding tert-OH is 2. The number of amides is 3. The molecule has 0 bridgehead atoms. The minimum absolute atomic E-state index is 0.0263. The number of Topliss-reactive ketones (excluding diaryl/α,β-unsaturated/α-hetero) is 1. The van der Waals surface area contributed by atoms with Gasteiger partial charge in [0.05, 0.1) is 6.04 Å². The minimum Gasteiger partial charge on any atom is -0.445 e. The highest BCUT2D eigenvalue weighted by Crippen LogP contribution is 2.29. The summed E-state index contributed by atoms with van der Waals surface area (Å²) in [7, 11) is 0. The quantitative estimate of drug-likeness (QED) is 0.0944. The zero-order valence-electron chi connectivity index (χ0n) is 30.1. The van der Waals surface area contributed by atoms with Gasteiger partial charge >= 0.3 is 6.09 Å². The summed E-state index contributed by atoms with van der Waals surface area (Å²) in [6.07, 6.45) is 0.650.